The summed E-state index contributed by atoms with van der Waals surface area (Å²) in [6.07, 6.45) is 1.61. The lowest BCUT2D eigenvalue weighted by Gasteiger charge is -2.05. The van der Waals surface area contributed by atoms with Crippen LogP contribution in [0.5, 0.6) is 0 Å². The molecule has 3 aromatic rings. The van der Waals surface area contributed by atoms with Crippen molar-refractivity contribution in [1.82, 2.24) is 19.3 Å². The molecule has 0 saturated heterocycles. The predicted octanol–water partition coefficient (Wildman–Crippen LogP) is 3.49. The monoisotopic (exact) mass is 344 g/mol. The molecule has 0 aromatic carbocycles. The fourth-order valence-corrected chi connectivity index (χ4v) is 3.50. The average molecular weight is 344 g/mol. The van der Waals surface area contributed by atoms with Crippen LogP contribution in [0.1, 0.15) is 28.7 Å². The van der Waals surface area contributed by atoms with E-state index in [0.29, 0.717) is 23.9 Å². The largest absolute Gasteiger partial charge is 0.461 e. The lowest BCUT2D eigenvalue weighted by Crippen LogP contribution is -2.06. The normalized spacial score (nSPS) is 11.2. The predicted molar refractivity (Wildman–Crippen MR) is 93.3 cm³/mol. The van der Waals surface area contributed by atoms with Crippen molar-refractivity contribution in [3.63, 3.8) is 0 Å². The maximum Gasteiger partial charge on any atom is 0.200 e. The molecule has 0 saturated carbocycles. The van der Waals surface area contributed by atoms with E-state index in [0.717, 1.165) is 22.1 Å². The van der Waals surface area contributed by atoms with E-state index >= 15 is 0 Å². The summed E-state index contributed by atoms with van der Waals surface area (Å²) in [7, 11) is 1.97. The molecule has 0 atom stereocenters. The van der Waals surface area contributed by atoms with E-state index in [2.05, 4.69) is 10.2 Å². The molecule has 126 valence electrons. The second-order valence-corrected chi connectivity index (χ2v) is 6.53. The van der Waals surface area contributed by atoms with Gasteiger partial charge in [0.05, 0.1) is 12.0 Å². The highest BCUT2D eigenvalue weighted by Crippen LogP contribution is 2.25. The van der Waals surface area contributed by atoms with E-state index in [4.69, 9.17) is 4.42 Å². The Balaban J connectivity index is 1.77. The van der Waals surface area contributed by atoms with E-state index in [-0.39, 0.29) is 5.78 Å². The number of ketones is 1. The number of carbonyl (C=O) groups excluding carboxylic acids is 1. The van der Waals surface area contributed by atoms with Crippen LogP contribution in [0.4, 0.5) is 0 Å². The van der Waals surface area contributed by atoms with Gasteiger partial charge < -0.3 is 8.98 Å². The zero-order valence-corrected chi connectivity index (χ0v) is 15.1. The standard InChI is InChI=1S/C17H20N4O2S/c1-5-21-16(15-7-6-8-23-15)18-19-17(21)24-10-14(22)13-9-11(2)20(4)12(13)3/h6-9H,5,10H2,1-4H3. The zero-order chi connectivity index (χ0) is 17.3. The third-order valence-corrected chi connectivity index (χ3v) is 5.15. The van der Waals surface area contributed by atoms with Crippen molar-refractivity contribution < 1.29 is 9.21 Å². The SMILES string of the molecule is CCn1c(SCC(=O)c2cc(C)n(C)c2C)nnc1-c1ccco1. The van der Waals surface area contributed by atoms with Crippen LogP contribution < -0.4 is 0 Å². The molecule has 0 aliphatic rings. The van der Waals surface area contributed by atoms with Crippen molar-refractivity contribution in [3.8, 4) is 11.6 Å². The number of thioether (sulfide) groups is 1. The Morgan fingerprint density at radius 1 is 1.33 bits per heavy atom. The Morgan fingerprint density at radius 3 is 2.71 bits per heavy atom. The quantitative estimate of drug-likeness (QED) is 0.506. The highest BCUT2D eigenvalue weighted by Gasteiger charge is 2.18. The van der Waals surface area contributed by atoms with Gasteiger partial charge in [-0.1, -0.05) is 11.8 Å². The number of carbonyl (C=O) groups is 1. The fraction of sp³-hybridized carbons (Fsp3) is 0.353. The van der Waals surface area contributed by atoms with Crippen LogP contribution in [0.25, 0.3) is 11.6 Å². The van der Waals surface area contributed by atoms with Crippen LogP contribution in [0, 0.1) is 13.8 Å². The molecule has 0 spiro atoms. The Bertz CT molecular complexity index is 862. The van der Waals surface area contributed by atoms with Crippen LogP contribution in [0.15, 0.2) is 34.0 Å². The summed E-state index contributed by atoms with van der Waals surface area (Å²) in [6.45, 7) is 6.70. The van der Waals surface area contributed by atoms with Gasteiger partial charge in [-0.25, -0.2) is 0 Å². The first-order valence-electron chi connectivity index (χ1n) is 7.79. The number of rotatable bonds is 6. The Hall–Kier alpha value is -2.28. The first-order valence-corrected chi connectivity index (χ1v) is 8.77. The lowest BCUT2D eigenvalue weighted by atomic mass is 10.2. The molecule has 3 rings (SSSR count). The van der Waals surface area contributed by atoms with Crippen molar-refractivity contribution >= 4 is 17.5 Å². The molecule has 0 amide bonds. The van der Waals surface area contributed by atoms with Gasteiger partial charge in [-0.3, -0.25) is 9.36 Å². The number of aryl methyl sites for hydroxylation is 1. The molecule has 0 aliphatic carbocycles. The first-order chi connectivity index (χ1) is 11.5. The average Bonchev–Trinajstić information content (AvgIpc) is 3.28. The third kappa shape index (κ3) is 2.91. The molecule has 3 aromatic heterocycles. The van der Waals surface area contributed by atoms with Crippen molar-refractivity contribution in [3.05, 3.63) is 41.4 Å². The van der Waals surface area contributed by atoms with Gasteiger partial charge in [0.25, 0.3) is 0 Å². The van der Waals surface area contributed by atoms with E-state index in [1.54, 1.807) is 6.26 Å². The van der Waals surface area contributed by atoms with E-state index < -0.39 is 0 Å². The van der Waals surface area contributed by atoms with Crippen molar-refractivity contribution in [1.29, 1.82) is 0 Å². The summed E-state index contributed by atoms with van der Waals surface area (Å²) in [5.41, 5.74) is 2.85. The van der Waals surface area contributed by atoms with Crippen molar-refractivity contribution in [2.75, 3.05) is 5.75 Å². The van der Waals surface area contributed by atoms with Gasteiger partial charge in [0, 0.05) is 30.5 Å². The molecule has 7 heteroatoms. The van der Waals surface area contributed by atoms with E-state index in [1.165, 1.54) is 11.8 Å². The number of aromatic nitrogens is 4. The van der Waals surface area contributed by atoms with E-state index in [1.807, 2.05) is 55.2 Å². The van der Waals surface area contributed by atoms with Crippen molar-refractivity contribution in [2.45, 2.75) is 32.5 Å². The number of hydrogen-bond acceptors (Lipinski definition) is 5. The molecule has 0 aliphatic heterocycles. The lowest BCUT2D eigenvalue weighted by molar-refractivity contribution is 0.102. The maximum atomic E-state index is 12.5. The summed E-state index contributed by atoms with van der Waals surface area (Å²) in [6, 6.07) is 5.61. The molecule has 24 heavy (non-hydrogen) atoms. The summed E-state index contributed by atoms with van der Waals surface area (Å²) in [4.78, 5) is 12.5. The molecule has 0 radical (unpaired) electrons. The number of furan rings is 1. The maximum absolute atomic E-state index is 12.5. The number of nitrogens with zero attached hydrogens (tertiary/aromatic N) is 4. The molecule has 0 N–H and O–H groups in total. The minimum atomic E-state index is 0.103. The molecule has 0 fully saturated rings. The second kappa shape index (κ2) is 6.68. The number of Topliss-reactive ketones (excluding diaryl/α,β-unsaturated/α-hetero) is 1. The summed E-state index contributed by atoms with van der Waals surface area (Å²) in [5.74, 6) is 1.80. The van der Waals surface area contributed by atoms with Crippen LogP contribution >= 0.6 is 11.8 Å². The van der Waals surface area contributed by atoms with Gasteiger partial charge in [-0.05, 0) is 39.0 Å². The minimum Gasteiger partial charge on any atom is -0.461 e. The molecular formula is C17H20N4O2S. The van der Waals surface area contributed by atoms with Gasteiger partial charge in [0.2, 0.25) is 0 Å². The highest BCUT2D eigenvalue weighted by molar-refractivity contribution is 7.99. The van der Waals surface area contributed by atoms with Gasteiger partial charge in [-0.2, -0.15) is 0 Å². The Labute approximate surface area is 144 Å². The van der Waals surface area contributed by atoms with Gasteiger partial charge in [0.1, 0.15) is 0 Å². The highest BCUT2D eigenvalue weighted by atomic mass is 32.2. The summed E-state index contributed by atoms with van der Waals surface area (Å²) >= 11 is 1.41. The minimum absolute atomic E-state index is 0.103. The molecule has 0 bridgehead atoms. The molecule has 3 heterocycles. The molecule has 6 nitrogen and oxygen atoms in total. The number of hydrogen-bond donors (Lipinski definition) is 0. The first kappa shape index (κ1) is 16.6. The van der Waals surface area contributed by atoms with E-state index in [9.17, 15) is 4.79 Å². The van der Waals surface area contributed by atoms with Crippen molar-refractivity contribution in [2.24, 2.45) is 7.05 Å². The summed E-state index contributed by atoms with van der Waals surface area (Å²) in [5, 5.41) is 9.14. The second-order valence-electron chi connectivity index (χ2n) is 5.58. The smallest absolute Gasteiger partial charge is 0.200 e. The molecular weight excluding hydrogens is 324 g/mol. The van der Waals surface area contributed by atoms with Crippen LogP contribution in [0.3, 0.4) is 0 Å². The Kier molecular flexibility index (Phi) is 4.62. The van der Waals surface area contributed by atoms with Gasteiger partial charge in [0.15, 0.2) is 22.5 Å². The van der Waals surface area contributed by atoms with Crippen LogP contribution in [0.2, 0.25) is 0 Å². The van der Waals surface area contributed by atoms with Crippen LogP contribution in [-0.2, 0) is 13.6 Å². The molecule has 0 unspecified atom stereocenters. The summed E-state index contributed by atoms with van der Waals surface area (Å²) < 4.78 is 9.39. The zero-order valence-electron chi connectivity index (χ0n) is 14.2. The topological polar surface area (TPSA) is 65.8 Å². The Morgan fingerprint density at radius 2 is 2.12 bits per heavy atom. The van der Waals surface area contributed by atoms with Gasteiger partial charge >= 0.3 is 0 Å². The van der Waals surface area contributed by atoms with Gasteiger partial charge in [-0.15, -0.1) is 10.2 Å². The fourth-order valence-electron chi connectivity index (χ4n) is 2.61. The van der Waals surface area contributed by atoms with Crippen LogP contribution in [-0.4, -0.2) is 30.9 Å². The third-order valence-electron chi connectivity index (χ3n) is 4.18.